The molecular formula is C20H26Cl2F3N5. The molecule has 1 aromatic heterocycles. The lowest BCUT2D eigenvalue weighted by atomic mass is 10.1. The summed E-state index contributed by atoms with van der Waals surface area (Å²) in [4.78, 5) is 11.5. The van der Waals surface area contributed by atoms with E-state index in [2.05, 4.69) is 20.5 Å². The Balaban J connectivity index is 0.00000160. The minimum Gasteiger partial charge on any atom is -0.355 e. The van der Waals surface area contributed by atoms with Crippen molar-refractivity contribution in [1.82, 2.24) is 15.3 Å². The summed E-state index contributed by atoms with van der Waals surface area (Å²) in [5.41, 5.74) is 2.08. The van der Waals surface area contributed by atoms with E-state index in [9.17, 15) is 13.2 Å². The monoisotopic (exact) mass is 463 g/mol. The molecule has 2 aliphatic rings. The van der Waals surface area contributed by atoms with Gasteiger partial charge in [0.05, 0.1) is 11.3 Å². The van der Waals surface area contributed by atoms with Crippen LogP contribution in [0.1, 0.15) is 35.2 Å². The van der Waals surface area contributed by atoms with Crippen LogP contribution in [0.3, 0.4) is 0 Å². The molecule has 0 amide bonds. The van der Waals surface area contributed by atoms with E-state index in [1.54, 1.807) is 6.07 Å². The third kappa shape index (κ3) is 4.92. The van der Waals surface area contributed by atoms with Gasteiger partial charge in [-0.3, -0.25) is 0 Å². The molecule has 1 saturated heterocycles. The standard InChI is InChI=1S/C20H24F3N5.2ClH/c1-12-6-7-13(10-16(12)20(21,22)23)25-19-26-17-5-3-4-15(17)18(27-19)28-9-8-14(11-28)24-2;;/h6-7,10,14,24H,3-5,8-9,11H2,1-2H3,(H,25,26,27);2*1H. The second-order valence-corrected chi connectivity index (χ2v) is 7.52. The number of hydrogen-bond donors (Lipinski definition) is 2. The van der Waals surface area contributed by atoms with E-state index in [1.807, 2.05) is 7.05 Å². The molecule has 1 fully saturated rings. The highest BCUT2D eigenvalue weighted by Gasteiger charge is 2.33. The van der Waals surface area contributed by atoms with E-state index in [0.29, 0.717) is 17.7 Å². The topological polar surface area (TPSA) is 53.1 Å². The molecule has 0 saturated carbocycles. The first-order chi connectivity index (χ1) is 13.3. The lowest BCUT2D eigenvalue weighted by Crippen LogP contribution is -2.30. The van der Waals surface area contributed by atoms with Crippen molar-refractivity contribution < 1.29 is 13.2 Å². The van der Waals surface area contributed by atoms with Crippen molar-refractivity contribution in [3.05, 3.63) is 40.6 Å². The van der Waals surface area contributed by atoms with Crippen LogP contribution in [0.5, 0.6) is 0 Å². The minimum absolute atomic E-state index is 0. The fourth-order valence-corrected chi connectivity index (χ4v) is 4.05. The minimum atomic E-state index is -4.39. The fraction of sp³-hybridized carbons (Fsp3) is 0.500. The molecule has 2 aromatic rings. The number of rotatable bonds is 4. The van der Waals surface area contributed by atoms with Crippen molar-refractivity contribution in [2.45, 2.75) is 44.8 Å². The summed E-state index contributed by atoms with van der Waals surface area (Å²) in [7, 11) is 1.96. The van der Waals surface area contributed by atoms with E-state index in [-0.39, 0.29) is 30.4 Å². The SMILES string of the molecule is CNC1CCN(c2nc(Nc3ccc(C)c(C(F)(F)F)c3)nc3c2CCC3)C1.Cl.Cl. The number of aromatic nitrogens is 2. The van der Waals surface area contributed by atoms with E-state index in [1.165, 1.54) is 18.6 Å². The van der Waals surface area contributed by atoms with Crippen molar-refractivity contribution in [2.24, 2.45) is 0 Å². The summed E-state index contributed by atoms with van der Waals surface area (Å²) in [6, 6.07) is 4.65. The molecular weight excluding hydrogens is 438 g/mol. The molecule has 1 aromatic carbocycles. The normalized spacial score (nSPS) is 17.9. The van der Waals surface area contributed by atoms with Gasteiger partial charge in [-0.2, -0.15) is 18.2 Å². The van der Waals surface area contributed by atoms with Crippen LogP contribution in [0.2, 0.25) is 0 Å². The Labute approximate surface area is 186 Å². The maximum Gasteiger partial charge on any atom is 0.416 e. The van der Waals surface area contributed by atoms with Crippen molar-refractivity contribution >= 4 is 42.3 Å². The number of anilines is 3. The zero-order chi connectivity index (χ0) is 19.9. The first kappa shape index (κ1) is 24.5. The summed E-state index contributed by atoms with van der Waals surface area (Å²) < 4.78 is 39.6. The third-order valence-corrected chi connectivity index (χ3v) is 5.61. The van der Waals surface area contributed by atoms with Gasteiger partial charge in [0.2, 0.25) is 5.95 Å². The van der Waals surface area contributed by atoms with Crippen LogP contribution in [-0.4, -0.2) is 36.1 Å². The van der Waals surface area contributed by atoms with Gasteiger partial charge < -0.3 is 15.5 Å². The van der Waals surface area contributed by atoms with Gasteiger partial charge in [0, 0.05) is 30.4 Å². The largest absolute Gasteiger partial charge is 0.416 e. The molecule has 2 N–H and O–H groups in total. The van der Waals surface area contributed by atoms with E-state index in [0.717, 1.165) is 56.4 Å². The van der Waals surface area contributed by atoms with Crippen LogP contribution >= 0.6 is 24.8 Å². The first-order valence-electron chi connectivity index (χ1n) is 9.62. The number of aryl methyl sites for hydroxylation is 2. The number of halogens is 5. The molecule has 0 spiro atoms. The average molecular weight is 464 g/mol. The predicted molar refractivity (Wildman–Crippen MR) is 118 cm³/mol. The first-order valence-corrected chi connectivity index (χ1v) is 9.62. The number of benzene rings is 1. The molecule has 166 valence electrons. The molecule has 0 bridgehead atoms. The number of nitrogens with one attached hydrogen (secondary N) is 2. The lowest BCUT2D eigenvalue weighted by Gasteiger charge is -2.21. The van der Waals surface area contributed by atoms with Crippen LogP contribution in [0.4, 0.5) is 30.6 Å². The lowest BCUT2D eigenvalue weighted by molar-refractivity contribution is -0.138. The Kier molecular flexibility index (Phi) is 7.82. The Morgan fingerprint density at radius 2 is 1.90 bits per heavy atom. The Morgan fingerprint density at radius 1 is 1.13 bits per heavy atom. The van der Waals surface area contributed by atoms with Gasteiger partial charge in [0.25, 0.3) is 0 Å². The molecule has 4 rings (SSSR count). The number of alkyl halides is 3. The summed E-state index contributed by atoms with van der Waals surface area (Å²) in [5.74, 6) is 1.28. The van der Waals surface area contributed by atoms with Crippen LogP contribution < -0.4 is 15.5 Å². The summed E-state index contributed by atoms with van der Waals surface area (Å²) in [5, 5.41) is 6.30. The van der Waals surface area contributed by atoms with Crippen molar-refractivity contribution in [3.63, 3.8) is 0 Å². The summed E-state index contributed by atoms with van der Waals surface area (Å²) >= 11 is 0. The van der Waals surface area contributed by atoms with Gasteiger partial charge in [0.15, 0.2) is 0 Å². The summed E-state index contributed by atoms with van der Waals surface area (Å²) in [6.07, 6.45) is -0.472. The van der Waals surface area contributed by atoms with Crippen molar-refractivity contribution in [3.8, 4) is 0 Å². The fourth-order valence-electron chi connectivity index (χ4n) is 4.05. The zero-order valence-corrected chi connectivity index (χ0v) is 18.5. The van der Waals surface area contributed by atoms with Gasteiger partial charge in [-0.05, 0) is 57.4 Å². The molecule has 1 aliphatic heterocycles. The Hall–Kier alpha value is -1.77. The van der Waals surface area contributed by atoms with E-state index < -0.39 is 11.7 Å². The highest BCUT2D eigenvalue weighted by atomic mass is 35.5. The van der Waals surface area contributed by atoms with Gasteiger partial charge in [0.1, 0.15) is 5.82 Å². The molecule has 2 heterocycles. The molecule has 30 heavy (non-hydrogen) atoms. The maximum absolute atomic E-state index is 13.2. The van der Waals surface area contributed by atoms with Gasteiger partial charge in [-0.15, -0.1) is 24.8 Å². The highest BCUT2D eigenvalue weighted by molar-refractivity contribution is 5.85. The van der Waals surface area contributed by atoms with Crippen LogP contribution in [-0.2, 0) is 19.0 Å². The number of likely N-dealkylation sites (N-methyl/N-ethyl adjacent to an activating group) is 1. The van der Waals surface area contributed by atoms with E-state index >= 15 is 0 Å². The quantitative estimate of drug-likeness (QED) is 0.689. The average Bonchev–Trinajstić information content (AvgIpc) is 3.30. The van der Waals surface area contributed by atoms with Crippen molar-refractivity contribution in [2.75, 3.05) is 30.4 Å². The Bertz CT molecular complexity index is 891. The van der Waals surface area contributed by atoms with Gasteiger partial charge >= 0.3 is 6.18 Å². The van der Waals surface area contributed by atoms with Gasteiger partial charge in [-0.25, -0.2) is 4.98 Å². The number of fused-ring (bicyclic) bond motifs is 1. The zero-order valence-electron chi connectivity index (χ0n) is 16.8. The maximum atomic E-state index is 13.2. The number of nitrogens with zero attached hydrogens (tertiary/aromatic N) is 3. The Morgan fingerprint density at radius 3 is 2.57 bits per heavy atom. The second kappa shape index (κ2) is 9.58. The smallest absolute Gasteiger partial charge is 0.355 e. The molecule has 1 atom stereocenters. The summed E-state index contributed by atoms with van der Waals surface area (Å²) in [6.45, 7) is 3.25. The number of hydrogen-bond acceptors (Lipinski definition) is 5. The van der Waals surface area contributed by atoms with Crippen LogP contribution in [0, 0.1) is 6.92 Å². The second-order valence-electron chi connectivity index (χ2n) is 7.52. The predicted octanol–water partition coefficient (Wildman–Crippen LogP) is 4.68. The molecule has 10 heteroatoms. The molecule has 1 aliphatic carbocycles. The molecule has 0 radical (unpaired) electrons. The van der Waals surface area contributed by atoms with Crippen LogP contribution in [0.15, 0.2) is 18.2 Å². The van der Waals surface area contributed by atoms with Crippen LogP contribution in [0.25, 0.3) is 0 Å². The third-order valence-electron chi connectivity index (χ3n) is 5.61. The van der Waals surface area contributed by atoms with Crippen molar-refractivity contribution in [1.29, 1.82) is 0 Å². The molecule has 1 unspecified atom stereocenters. The van der Waals surface area contributed by atoms with Gasteiger partial charge in [-0.1, -0.05) is 6.07 Å². The highest BCUT2D eigenvalue weighted by Crippen LogP contribution is 2.35. The molecule has 5 nitrogen and oxygen atoms in total. The van der Waals surface area contributed by atoms with E-state index in [4.69, 9.17) is 4.98 Å².